The molecule has 51 heavy (non-hydrogen) atoms. The fraction of sp³-hybridized carbons (Fsp3) is 0.523. The molecule has 3 rings (SSSR count). The van der Waals surface area contributed by atoms with Crippen LogP contribution in [0.4, 0.5) is 13.2 Å². The van der Waals surface area contributed by atoms with Gasteiger partial charge in [0.05, 0.1) is 18.3 Å². The summed E-state index contributed by atoms with van der Waals surface area (Å²) in [5.41, 5.74) is 0.559. The van der Waals surface area contributed by atoms with Gasteiger partial charge >= 0.3 is 5.97 Å². The van der Waals surface area contributed by atoms with Crippen molar-refractivity contribution in [1.82, 2.24) is 0 Å². The van der Waals surface area contributed by atoms with Gasteiger partial charge in [-0.25, -0.2) is 13.6 Å². The number of esters is 1. The van der Waals surface area contributed by atoms with Gasteiger partial charge in [-0.2, -0.15) is 4.39 Å². The smallest absolute Gasteiger partial charge is 0.346 e. The standard InChI is InChI=1S/C44H57F3O4/c1-4-6-8-10-11-12-13-14-15-16-17-18-20-32-49-41-31-29-38(42(46)43(41)47)44(48)51-37-27-24-35(25-28-37)22-23-36-26-30-40(39(45)33-36)50-34(3)21-19-9-7-5-2/h24-31,33-34H,4-21,32H2,1-3H3. The highest BCUT2D eigenvalue weighted by Gasteiger charge is 2.21. The monoisotopic (exact) mass is 706 g/mol. The molecule has 1 unspecified atom stereocenters. The summed E-state index contributed by atoms with van der Waals surface area (Å²) in [5, 5.41) is 0. The summed E-state index contributed by atoms with van der Waals surface area (Å²) >= 11 is 0. The molecule has 0 radical (unpaired) electrons. The van der Waals surface area contributed by atoms with E-state index < -0.39 is 29.0 Å². The minimum absolute atomic E-state index is 0.0755. The average Bonchev–Trinajstić information content (AvgIpc) is 3.12. The summed E-state index contributed by atoms with van der Waals surface area (Å²) in [6.45, 7) is 6.63. The molecule has 0 aliphatic carbocycles. The average molecular weight is 707 g/mol. The van der Waals surface area contributed by atoms with Crippen molar-refractivity contribution in [3.63, 3.8) is 0 Å². The fourth-order valence-electron chi connectivity index (χ4n) is 5.82. The second kappa shape index (κ2) is 24.3. The Hall–Kier alpha value is -3.92. The van der Waals surface area contributed by atoms with Crippen LogP contribution in [-0.4, -0.2) is 18.7 Å². The highest BCUT2D eigenvalue weighted by Crippen LogP contribution is 2.25. The van der Waals surface area contributed by atoms with Crippen LogP contribution in [0, 0.1) is 29.3 Å². The van der Waals surface area contributed by atoms with E-state index in [4.69, 9.17) is 14.2 Å². The van der Waals surface area contributed by atoms with E-state index in [1.165, 1.54) is 107 Å². The van der Waals surface area contributed by atoms with Crippen LogP contribution in [0.5, 0.6) is 17.2 Å². The van der Waals surface area contributed by atoms with Crippen molar-refractivity contribution < 1.29 is 32.2 Å². The van der Waals surface area contributed by atoms with Gasteiger partial charge < -0.3 is 14.2 Å². The summed E-state index contributed by atoms with van der Waals surface area (Å²) in [7, 11) is 0. The lowest BCUT2D eigenvalue weighted by Crippen LogP contribution is -2.12. The fourth-order valence-corrected chi connectivity index (χ4v) is 5.82. The molecule has 1 atom stereocenters. The number of halogens is 3. The Labute approximate surface area is 304 Å². The van der Waals surface area contributed by atoms with Crippen molar-refractivity contribution in [3.05, 3.63) is 88.7 Å². The van der Waals surface area contributed by atoms with E-state index in [1.807, 2.05) is 6.92 Å². The molecule has 0 fully saturated rings. The quantitative estimate of drug-likeness (QED) is 0.0403. The van der Waals surface area contributed by atoms with E-state index in [-0.39, 0.29) is 30.0 Å². The molecule has 0 spiro atoms. The normalized spacial score (nSPS) is 11.5. The summed E-state index contributed by atoms with van der Waals surface area (Å²) in [6, 6.07) is 13.3. The third-order valence-corrected chi connectivity index (χ3v) is 8.91. The molecule has 278 valence electrons. The maximum absolute atomic E-state index is 14.8. The minimum atomic E-state index is -1.31. The molecule has 0 saturated carbocycles. The number of benzene rings is 3. The maximum atomic E-state index is 14.8. The van der Waals surface area contributed by atoms with Crippen LogP contribution in [0.1, 0.15) is 158 Å². The molecule has 0 saturated heterocycles. The van der Waals surface area contributed by atoms with Crippen LogP contribution in [-0.2, 0) is 0 Å². The molecule has 3 aromatic carbocycles. The maximum Gasteiger partial charge on any atom is 0.346 e. The van der Waals surface area contributed by atoms with Crippen molar-refractivity contribution in [1.29, 1.82) is 0 Å². The lowest BCUT2D eigenvalue weighted by molar-refractivity contribution is 0.0728. The van der Waals surface area contributed by atoms with Crippen molar-refractivity contribution >= 4 is 5.97 Å². The van der Waals surface area contributed by atoms with Gasteiger partial charge in [0, 0.05) is 11.1 Å². The Bertz CT molecular complexity index is 1510. The first-order chi connectivity index (χ1) is 24.8. The van der Waals surface area contributed by atoms with Crippen molar-refractivity contribution in [2.24, 2.45) is 0 Å². The number of hydrogen-bond donors (Lipinski definition) is 0. The molecule has 0 heterocycles. The van der Waals surface area contributed by atoms with Crippen LogP contribution in [0.2, 0.25) is 0 Å². The third-order valence-electron chi connectivity index (χ3n) is 8.91. The second-order valence-electron chi connectivity index (χ2n) is 13.4. The first-order valence-corrected chi connectivity index (χ1v) is 19.2. The van der Waals surface area contributed by atoms with Gasteiger partial charge in [0.1, 0.15) is 5.75 Å². The van der Waals surface area contributed by atoms with E-state index in [0.29, 0.717) is 11.1 Å². The Morgan fingerprint density at radius 2 is 1.16 bits per heavy atom. The number of ether oxygens (including phenoxy) is 3. The van der Waals surface area contributed by atoms with Crippen LogP contribution < -0.4 is 14.2 Å². The molecular weight excluding hydrogens is 649 g/mol. The lowest BCUT2D eigenvalue weighted by Gasteiger charge is -2.15. The van der Waals surface area contributed by atoms with Crippen molar-refractivity contribution in [2.45, 2.75) is 142 Å². The molecular formula is C44H57F3O4. The Kier molecular flexibility index (Phi) is 19.8. The van der Waals surface area contributed by atoms with Crippen LogP contribution in [0.15, 0.2) is 54.6 Å². The molecule has 0 aromatic heterocycles. The van der Waals surface area contributed by atoms with Gasteiger partial charge in [-0.05, 0) is 80.8 Å². The van der Waals surface area contributed by atoms with E-state index in [2.05, 4.69) is 25.7 Å². The van der Waals surface area contributed by atoms with Crippen molar-refractivity contribution in [3.8, 4) is 29.1 Å². The number of carbonyl (C=O) groups excluding carboxylic acids is 1. The Morgan fingerprint density at radius 3 is 1.76 bits per heavy atom. The summed E-state index contributed by atoms with van der Waals surface area (Å²) < 4.78 is 60.7. The van der Waals surface area contributed by atoms with Gasteiger partial charge in [0.2, 0.25) is 5.82 Å². The Morgan fingerprint density at radius 1 is 0.627 bits per heavy atom. The highest BCUT2D eigenvalue weighted by molar-refractivity contribution is 5.91. The van der Waals surface area contributed by atoms with Crippen LogP contribution >= 0.6 is 0 Å². The first-order valence-electron chi connectivity index (χ1n) is 19.2. The van der Waals surface area contributed by atoms with Gasteiger partial charge in [-0.1, -0.05) is 122 Å². The van der Waals surface area contributed by atoms with Crippen molar-refractivity contribution in [2.75, 3.05) is 6.61 Å². The number of unbranched alkanes of at least 4 members (excludes halogenated alkanes) is 15. The largest absolute Gasteiger partial charge is 0.490 e. The molecule has 0 aliphatic rings. The van der Waals surface area contributed by atoms with Gasteiger partial charge in [-0.15, -0.1) is 0 Å². The summed E-state index contributed by atoms with van der Waals surface area (Å²) in [4.78, 5) is 12.7. The molecule has 0 bridgehead atoms. The second-order valence-corrected chi connectivity index (χ2v) is 13.4. The molecule has 0 amide bonds. The lowest BCUT2D eigenvalue weighted by atomic mass is 10.0. The molecule has 4 nitrogen and oxygen atoms in total. The number of carbonyl (C=O) groups is 1. The minimum Gasteiger partial charge on any atom is -0.490 e. The SMILES string of the molecule is CCCCCCCCCCCCCCCOc1ccc(C(=O)Oc2ccc(C#Cc3ccc(OC(C)CCCCCC)c(F)c3)cc2)c(F)c1F. The van der Waals surface area contributed by atoms with E-state index in [1.54, 1.807) is 24.3 Å². The predicted octanol–water partition coefficient (Wildman–Crippen LogP) is 12.9. The van der Waals surface area contributed by atoms with E-state index >= 15 is 0 Å². The first kappa shape index (κ1) is 41.5. The molecule has 0 aliphatic heterocycles. The van der Waals surface area contributed by atoms with Crippen LogP contribution in [0.3, 0.4) is 0 Å². The molecule has 3 aromatic rings. The summed E-state index contributed by atoms with van der Waals surface area (Å²) in [6.07, 6.45) is 21.2. The summed E-state index contributed by atoms with van der Waals surface area (Å²) in [5.74, 6) is 1.98. The highest BCUT2D eigenvalue weighted by atomic mass is 19.2. The molecule has 0 N–H and O–H groups in total. The topological polar surface area (TPSA) is 44.8 Å². The van der Waals surface area contributed by atoms with Gasteiger partial charge in [0.15, 0.2) is 23.1 Å². The van der Waals surface area contributed by atoms with E-state index in [9.17, 15) is 18.0 Å². The van der Waals surface area contributed by atoms with Gasteiger partial charge in [0.25, 0.3) is 0 Å². The van der Waals surface area contributed by atoms with Crippen LogP contribution in [0.25, 0.3) is 0 Å². The molecule has 7 heteroatoms. The van der Waals surface area contributed by atoms with Gasteiger partial charge in [-0.3, -0.25) is 0 Å². The number of rotatable bonds is 24. The third kappa shape index (κ3) is 15.9. The van der Waals surface area contributed by atoms with E-state index in [0.717, 1.165) is 38.5 Å². The Balaban J connectivity index is 1.39. The zero-order valence-corrected chi connectivity index (χ0v) is 31.0. The number of hydrogen-bond acceptors (Lipinski definition) is 4. The zero-order chi connectivity index (χ0) is 36.7. The predicted molar refractivity (Wildman–Crippen MR) is 200 cm³/mol. The zero-order valence-electron chi connectivity index (χ0n) is 31.0.